The van der Waals surface area contributed by atoms with Gasteiger partial charge in [0, 0.05) is 17.0 Å². The Hall–Kier alpha value is -4.82. The molecule has 4 aromatic carbocycles. The summed E-state index contributed by atoms with van der Waals surface area (Å²) in [5, 5.41) is 34.4. The van der Waals surface area contributed by atoms with Gasteiger partial charge in [-0.15, -0.1) is 4.33 Å². The highest BCUT2D eigenvalue weighted by atomic mass is 32.2. The number of ether oxygens (including phenoxy) is 2. The van der Waals surface area contributed by atoms with Gasteiger partial charge in [0.05, 0.1) is 60.4 Å². The minimum Gasteiger partial charge on any atom is -0.494 e. The molecule has 4 rings (SSSR count). The number of urea groups is 1. The van der Waals surface area contributed by atoms with Crippen molar-refractivity contribution in [2.75, 3.05) is 24.9 Å². The van der Waals surface area contributed by atoms with Crippen LogP contribution >= 0.6 is 12.0 Å². The fraction of sp³-hybridized carbons (Fsp3) is 0.107. The Bertz CT molecular complexity index is 1570. The number of azo groups is 2. The number of hydrogen-bond acceptors (Lipinski definition) is 11. The average molecular weight is 575 g/mol. The van der Waals surface area contributed by atoms with Crippen LogP contribution in [0.15, 0.2) is 110 Å². The summed E-state index contributed by atoms with van der Waals surface area (Å²) in [5.41, 5.74) is 4.31. The Morgan fingerprint density at radius 3 is 1.73 bits per heavy atom. The monoisotopic (exact) mass is 574 g/mol. The Morgan fingerprint density at radius 2 is 1.22 bits per heavy atom. The highest BCUT2D eigenvalue weighted by Crippen LogP contribution is 2.33. The van der Waals surface area contributed by atoms with Gasteiger partial charge in [0.25, 0.3) is 0 Å². The van der Waals surface area contributed by atoms with Crippen LogP contribution in [0.2, 0.25) is 0 Å². The molecule has 12 nitrogen and oxygen atoms in total. The van der Waals surface area contributed by atoms with Crippen molar-refractivity contribution in [3.63, 3.8) is 0 Å². The topological polar surface area (TPSA) is 148 Å². The largest absolute Gasteiger partial charge is 0.494 e. The first kappa shape index (κ1) is 29.2. The maximum Gasteiger partial charge on any atom is 0.323 e. The highest BCUT2D eigenvalue weighted by molar-refractivity contribution is 7.94. The second-order valence-corrected chi connectivity index (χ2v) is 9.08. The van der Waals surface area contributed by atoms with Crippen molar-refractivity contribution in [1.29, 1.82) is 0 Å². The van der Waals surface area contributed by atoms with E-state index in [1.54, 1.807) is 60.7 Å². The van der Waals surface area contributed by atoms with Crippen molar-refractivity contribution < 1.29 is 28.9 Å². The molecule has 210 valence electrons. The van der Waals surface area contributed by atoms with Crippen molar-refractivity contribution in [2.24, 2.45) is 20.5 Å². The van der Waals surface area contributed by atoms with Gasteiger partial charge in [-0.25, -0.2) is 10.1 Å². The van der Waals surface area contributed by atoms with Gasteiger partial charge in [0.2, 0.25) is 0 Å². The Balaban J connectivity index is 1.41. The van der Waals surface area contributed by atoms with Crippen LogP contribution in [-0.4, -0.2) is 25.5 Å². The molecule has 41 heavy (non-hydrogen) atoms. The predicted octanol–water partition coefficient (Wildman–Crippen LogP) is 8.92. The van der Waals surface area contributed by atoms with Gasteiger partial charge in [-0.05, 0) is 67.1 Å². The zero-order valence-electron chi connectivity index (χ0n) is 22.3. The van der Waals surface area contributed by atoms with Gasteiger partial charge in [0.15, 0.2) is 0 Å². The molecular weight excluding hydrogens is 548 g/mol. The molecule has 3 N–H and O–H groups in total. The third kappa shape index (κ3) is 8.58. The van der Waals surface area contributed by atoms with Gasteiger partial charge < -0.3 is 20.1 Å². The molecular formula is C28H26N6O6S. The summed E-state index contributed by atoms with van der Waals surface area (Å²) in [5.74, 6) is 0.801. The van der Waals surface area contributed by atoms with Crippen LogP contribution in [0.3, 0.4) is 0 Å². The molecule has 0 heterocycles. The first-order valence-corrected chi connectivity index (χ1v) is 12.8. The van der Waals surface area contributed by atoms with Gasteiger partial charge in [-0.3, -0.25) is 0 Å². The third-order valence-corrected chi connectivity index (χ3v) is 5.98. The van der Waals surface area contributed by atoms with Gasteiger partial charge in [-0.2, -0.15) is 20.5 Å². The third-order valence-electron chi connectivity index (χ3n) is 5.41. The second-order valence-electron chi connectivity index (χ2n) is 8.31. The van der Waals surface area contributed by atoms with E-state index in [9.17, 15) is 4.79 Å². The summed E-state index contributed by atoms with van der Waals surface area (Å²) in [6.07, 6.45) is 0. The zero-order valence-corrected chi connectivity index (χ0v) is 23.1. The Morgan fingerprint density at radius 1 is 0.707 bits per heavy atom. The van der Waals surface area contributed by atoms with Crippen molar-refractivity contribution in [3.05, 3.63) is 90.5 Å². The van der Waals surface area contributed by atoms with E-state index >= 15 is 0 Å². The number of anilines is 2. The summed E-state index contributed by atoms with van der Waals surface area (Å²) in [4.78, 5) is 13.4. The lowest BCUT2D eigenvalue weighted by atomic mass is 10.2. The van der Waals surface area contributed by atoms with E-state index in [1.165, 1.54) is 14.2 Å². The molecule has 0 unspecified atom stereocenters. The molecule has 0 saturated carbocycles. The molecule has 0 aromatic heterocycles. The molecule has 0 spiro atoms. The number of carbonyl (C=O) groups excluding carboxylic acids is 1. The minimum absolute atomic E-state index is 0.383. The SMILES string of the molecule is COc1cc(N=Nc2cccc(C)c2)ccc1NC(=O)Nc1ccc(N=Nc2cccc(SOOO)c2)cc1OC. The van der Waals surface area contributed by atoms with Crippen LogP contribution in [0.25, 0.3) is 0 Å². The number of aryl methyl sites for hydroxylation is 1. The number of nitrogens with zero attached hydrogens (tertiary/aromatic N) is 4. The lowest BCUT2D eigenvalue weighted by Gasteiger charge is -2.13. The standard InChI is InChI=1S/C28H26N6O6S/c1-18-6-4-7-19(14-18)31-33-21-10-12-24(26(16-21)37-2)29-28(35)30-25-13-11-22(17-27(25)38-3)34-32-20-8-5-9-23(15-20)41-40-39-36/h4-17,36H,1-3H3,(H2,29,30,35). The smallest absolute Gasteiger partial charge is 0.323 e. The van der Waals surface area contributed by atoms with Crippen molar-refractivity contribution in [1.82, 2.24) is 0 Å². The van der Waals surface area contributed by atoms with Crippen LogP contribution in [0.5, 0.6) is 11.5 Å². The van der Waals surface area contributed by atoms with Crippen LogP contribution in [0.1, 0.15) is 5.56 Å². The van der Waals surface area contributed by atoms with E-state index in [0.717, 1.165) is 23.3 Å². The molecule has 4 aromatic rings. The number of carbonyl (C=O) groups is 1. The van der Waals surface area contributed by atoms with Crippen LogP contribution in [0, 0.1) is 6.92 Å². The number of benzene rings is 4. The first-order chi connectivity index (χ1) is 20.0. The first-order valence-electron chi connectivity index (χ1n) is 12.1. The molecule has 2 amide bonds. The zero-order chi connectivity index (χ0) is 29.0. The number of nitrogens with one attached hydrogen (secondary N) is 2. The maximum absolute atomic E-state index is 12.8. The summed E-state index contributed by atoms with van der Waals surface area (Å²) >= 11 is 0.818. The summed E-state index contributed by atoms with van der Waals surface area (Å²) in [7, 11) is 2.99. The van der Waals surface area contributed by atoms with E-state index in [1.807, 2.05) is 31.2 Å². The second kappa shape index (κ2) is 14.5. The van der Waals surface area contributed by atoms with Crippen LogP contribution in [0.4, 0.5) is 38.9 Å². The fourth-order valence-electron chi connectivity index (χ4n) is 3.54. The van der Waals surface area contributed by atoms with Crippen LogP contribution in [-0.2, 0) is 9.37 Å². The quantitative estimate of drug-likeness (QED) is 0.0701. The summed E-state index contributed by atoms with van der Waals surface area (Å²) < 4.78 is 15.3. The van der Waals surface area contributed by atoms with Gasteiger partial charge >= 0.3 is 6.03 Å². The fourth-order valence-corrected chi connectivity index (χ4v) is 3.95. The molecule has 0 aliphatic heterocycles. The molecule has 0 saturated heterocycles. The van der Waals surface area contributed by atoms with E-state index in [-0.39, 0.29) is 0 Å². The molecule has 0 aliphatic carbocycles. The normalized spacial score (nSPS) is 11.1. The number of hydrogen-bond donors (Lipinski definition) is 3. The van der Waals surface area contributed by atoms with Crippen molar-refractivity contribution in [3.8, 4) is 11.5 Å². The van der Waals surface area contributed by atoms with E-state index in [2.05, 4.69) is 40.5 Å². The summed E-state index contributed by atoms with van der Waals surface area (Å²) in [6, 6.07) is 24.2. The van der Waals surface area contributed by atoms with Gasteiger partial charge in [0.1, 0.15) is 11.5 Å². The highest BCUT2D eigenvalue weighted by Gasteiger charge is 2.12. The van der Waals surface area contributed by atoms with E-state index in [0.29, 0.717) is 44.8 Å². The maximum atomic E-state index is 12.8. The molecule has 0 aliphatic rings. The Kier molecular flexibility index (Phi) is 10.3. The Labute approximate surface area is 240 Å². The number of rotatable bonds is 11. The number of amides is 2. The van der Waals surface area contributed by atoms with E-state index in [4.69, 9.17) is 14.7 Å². The van der Waals surface area contributed by atoms with E-state index < -0.39 is 6.03 Å². The van der Waals surface area contributed by atoms with Crippen molar-refractivity contribution >= 4 is 52.2 Å². The molecule has 0 radical (unpaired) electrons. The van der Waals surface area contributed by atoms with Gasteiger partial charge in [-0.1, -0.05) is 23.2 Å². The minimum atomic E-state index is -0.506. The number of methoxy groups -OCH3 is 2. The van der Waals surface area contributed by atoms with Crippen molar-refractivity contribution in [2.45, 2.75) is 11.8 Å². The average Bonchev–Trinajstić information content (AvgIpc) is 2.99. The predicted molar refractivity (Wildman–Crippen MR) is 155 cm³/mol. The molecule has 13 heteroatoms. The summed E-state index contributed by atoms with van der Waals surface area (Å²) in [6.45, 7) is 1.98. The lowest BCUT2D eigenvalue weighted by molar-refractivity contribution is -0.432. The molecule has 0 fully saturated rings. The lowest BCUT2D eigenvalue weighted by Crippen LogP contribution is -2.20. The molecule has 0 atom stereocenters. The van der Waals surface area contributed by atoms with Crippen LogP contribution < -0.4 is 20.1 Å². The molecule has 0 bridgehead atoms.